The van der Waals surface area contributed by atoms with Crippen molar-refractivity contribution in [3.05, 3.63) is 54.5 Å². The van der Waals surface area contributed by atoms with Crippen LogP contribution in [0.4, 0.5) is 16.2 Å². The minimum atomic E-state index is -3.90. The van der Waals surface area contributed by atoms with Crippen molar-refractivity contribution >= 4 is 33.3 Å². The zero-order valence-electron chi connectivity index (χ0n) is 29.0. The number of urea groups is 1. The predicted octanol–water partition coefficient (Wildman–Crippen LogP) is 3.91. The van der Waals surface area contributed by atoms with E-state index >= 15 is 0 Å². The van der Waals surface area contributed by atoms with Gasteiger partial charge in [0.15, 0.2) is 16.5 Å². The molecule has 3 amide bonds. The van der Waals surface area contributed by atoms with Crippen LogP contribution in [-0.4, -0.2) is 103 Å². The number of imidazole rings is 1. The first kappa shape index (κ1) is 36.9. The van der Waals surface area contributed by atoms with Crippen molar-refractivity contribution in [1.29, 1.82) is 0 Å². The zero-order valence-corrected chi connectivity index (χ0v) is 29.8. The van der Waals surface area contributed by atoms with Crippen LogP contribution in [0, 0.1) is 5.92 Å². The van der Waals surface area contributed by atoms with Crippen molar-refractivity contribution in [3.8, 4) is 17.2 Å². The summed E-state index contributed by atoms with van der Waals surface area (Å²) in [6.07, 6.45) is 4.22. The fourth-order valence-corrected chi connectivity index (χ4v) is 6.91. The summed E-state index contributed by atoms with van der Waals surface area (Å²) in [5.41, 5.74) is 1.04. The summed E-state index contributed by atoms with van der Waals surface area (Å²) in [6, 6.07) is 8.76. The Hall–Kier alpha value is -4.38. The number of benzene rings is 2. The molecule has 0 aliphatic carbocycles. The van der Waals surface area contributed by atoms with Crippen molar-refractivity contribution in [2.75, 3.05) is 50.8 Å². The fourth-order valence-electron chi connectivity index (χ4n) is 5.76. The van der Waals surface area contributed by atoms with Crippen LogP contribution >= 0.6 is 0 Å². The third-order valence-electron chi connectivity index (χ3n) is 8.73. The van der Waals surface area contributed by atoms with Crippen molar-refractivity contribution in [3.63, 3.8) is 0 Å². The number of carbonyl (C=O) groups excluding carboxylic acids is 2. The number of rotatable bonds is 8. The number of sulfonamides is 1. The number of ether oxygens (including phenoxy) is 4. The molecule has 2 aliphatic rings. The molecule has 3 aromatic rings. The minimum absolute atomic E-state index is 0.0261. The number of aromatic nitrogens is 2. The van der Waals surface area contributed by atoms with Crippen LogP contribution in [0.25, 0.3) is 0 Å². The van der Waals surface area contributed by atoms with Gasteiger partial charge < -0.3 is 44.2 Å². The van der Waals surface area contributed by atoms with E-state index in [0.29, 0.717) is 41.7 Å². The number of carbonyl (C=O) groups is 2. The third-order valence-corrected chi connectivity index (χ3v) is 10.4. The molecular formula is C34H46N6O9S. The molecule has 2 aromatic carbocycles. The molecule has 0 saturated carbocycles. The van der Waals surface area contributed by atoms with Crippen molar-refractivity contribution in [1.82, 2.24) is 18.8 Å². The molecule has 4 atom stereocenters. The van der Waals surface area contributed by atoms with Crippen molar-refractivity contribution in [2.24, 2.45) is 13.0 Å². The third kappa shape index (κ3) is 8.85. The van der Waals surface area contributed by atoms with Crippen LogP contribution in [0.15, 0.2) is 53.9 Å². The van der Waals surface area contributed by atoms with Crippen LogP contribution in [0.3, 0.4) is 0 Å². The highest BCUT2D eigenvalue weighted by molar-refractivity contribution is 7.89. The van der Waals surface area contributed by atoms with Gasteiger partial charge in [-0.1, -0.05) is 6.92 Å². The number of nitrogens with zero attached hydrogens (tertiary/aromatic N) is 4. The highest BCUT2D eigenvalue weighted by Gasteiger charge is 2.33. The Morgan fingerprint density at radius 3 is 2.48 bits per heavy atom. The molecule has 5 rings (SSSR count). The van der Waals surface area contributed by atoms with E-state index in [9.17, 15) is 23.1 Å². The summed E-state index contributed by atoms with van der Waals surface area (Å²) in [7, 11) is -0.720. The first-order valence-corrected chi connectivity index (χ1v) is 18.1. The number of amides is 3. The average Bonchev–Trinajstić information content (AvgIpc) is 3.75. The molecule has 50 heavy (non-hydrogen) atoms. The SMILES string of the molecule is C[C@@H]1CCCCO[C@@H](CN(C)S(=O)(=O)c2cn(C)cn2)[C@@H](C)CN([C@H](C)CO)C(=O)c2cc(NC(=O)Nc3ccc4c(c3)OCO4)ccc2O1. The Balaban J connectivity index is 1.39. The average molecular weight is 715 g/mol. The first-order chi connectivity index (χ1) is 23.8. The van der Waals surface area contributed by atoms with E-state index in [-0.39, 0.29) is 49.1 Å². The van der Waals surface area contributed by atoms with E-state index in [1.807, 2.05) is 13.8 Å². The highest BCUT2D eigenvalue weighted by Crippen LogP contribution is 2.34. The fraction of sp³-hybridized carbons (Fsp3) is 0.500. The molecule has 272 valence electrons. The summed E-state index contributed by atoms with van der Waals surface area (Å²) in [5.74, 6) is 0.677. The van der Waals surface area contributed by atoms with Gasteiger partial charge in [0, 0.05) is 63.3 Å². The molecule has 0 radical (unpaired) electrons. The molecule has 0 spiro atoms. The number of hydrogen-bond acceptors (Lipinski definition) is 10. The quantitative estimate of drug-likeness (QED) is 0.311. The van der Waals surface area contributed by atoms with E-state index in [1.54, 1.807) is 54.9 Å². The summed E-state index contributed by atoms with van der Waals surface area (Å²) < 4.78 is 52.7. The number of hydrogen-bond donors (Lipinski definition) is 3. The number of aliphatic hydroxyl groups is 1. The maximum Gasteiger partial charge on any atom is 0.323 e. The number of nitrogens with one attached hydrogen (secondary N) is 2. The second kappa shape index (κ2) is 16.1. The Bertz CT molecular complexity index is 1770. The van der Waals surface area contributed by atoms with Gasteiger partial charge in [0.05, 0.1) is 36.7 Å². The molecule has 0 bridgehead atoms. The van der Waals surface area contributed by atoms with Gasteiger partial charge in [-0.15, -0.1) is 0 Å². The number of anilines is 2. The molecule has 2 aliphatic heterocycles. The molecule has 3 heterocycles. The molecule has 15 nitrogen and oxygen atoms in total. The Labute approximate surface area is 292 Å². The van der Waals surface area contributed by atoms with Crippen LogP contribution in [0.5, 0.6) is 17.2 Å². The smallest absolute Gasteiger partial charge is 0.323 e. The minimum Gasteiger partial charge on any atom is -0.490 e. The number of fused-ring (bicyclic) bond motifs is 2. The monoisotopic (exact) mass is 714 g/mol. The van der Waals surface area contributed by atoms with Gasteiger partial charge in [0.2, 0.25) is 6.79 Å². The van der Waals surface area contributed by atoms with Gasteiger partial charge >= 0.3 is 6.03 Å². The van der Waals surface area contributed by atoms with Crippen molar-refractivity contribution in [2.45, 2.75) is 63.3 Å². The lowest BCUT2D eigenvalue weighted by Gasteiger charge is -2.35. The molecule has 3 N–H and O–H groups in total. The highest BCUT2D eigenvalue weighted by atomic mass is 32.2. The van der Waals surface area contributed by atoms with Crippen LogP contribution < -0.4 is 24.8 Å². The van der Waals surface area contributed by atoms with Crippen LogP contribution in [0.1, 0.15) is 50.4 Å². The number of likely N-dealkylation sites (N-methyl/N-ethyl adjacent to an activating group) is 1. The normalized spacial score (nSPS) is 20.8. The van der Waals surface area contributed by atoms with Crippen LogP contribution in [-0.2, 0) is 21.8 Å². The van der Waals surface area contributed by atoms with E-state index < -0.39 is 34.1 Å². The van der Waals surface area contributed by atoms with Crippen LogP contribution in [0.2, 0.25) is 0 Å². The molecule has 0 saturated heterocycles. The second-order valence-corrected chi connectivity index (χ2v) is 14.8. The summed E-state index contributed by atoms with van der Waals surface area (Å²) >= 11 is 0. The standard InChI is InChI=1S/C34H46N6O9S/c1-22-16-40(23(2)19-41)33(42)27-14-25(36-34(43)37-26-10-12-29-30(15-26)48-21-47-29)9-11-28(27)49-24(3)8-6-7-13-46-31(22)17-39(5)50(44,45)32-18-38(4)20-35-32/h9-12,14-15,18,20,22-24,31,41H,6-8,13,16-17,19,21H2,1-5H3,(H2,36,37,43)/t22-,23+,24+,31-/m0/s1. The lowest BCUT2D eigenvalue weighted by atomic mass is 10.0. The van der Waals surface area contributed by atoms with Crippen molar-refractivity contribution < 1.29 is 42.1 Å². The van der Waals surface area contributed by atoms with Gasteiger partial charge in [-0.2, -0.15) is 4.31 Å². The zero-order chi connectivity index (χ0) is 36.0. The van der Waals surface area contributed by atoms with Gasteiger partial charge in [-0.3, -0.25) is 4.79 Å². The summed E-state index contributed by atoms with van der Waals surface area (Å²) in [5, 5.41) is 15.7. The molecule has 16 heteroatoms. The Kier molecular flexibility index (Phi) is 11.9. The Morgan fingerprint density at radius 1 is 1.08 bits per heavy atom. The summed E-state index contributed by atoms with van der Waals surface area (Å²) in [4.78, 5) is 32.9. The molecule has 1 aromatic heterocycles. The topological polar surface area (TPSA) is 174 Å². The van der Waals surface area contributed by atoms with E-state index in [1.165, 1.54) is 28.8 Å². The molecule has 0 unspecified atom stereocenters. The van der Waals surface area contributed by atoms with Gasteiger partial charge in [-0.25, -0.2) is 18.2 Å². The van der Waals surface area contributed by atoms with E-state index in [4.69, 9.17) is 18.9 Å². The van der Waals surface area contributed by atoms with E-state index in [2.05, 4.69) is 15.6 Å². The van der Waals surface area contributed by atoms with E-state index in [0.717, 1.165) is 12.8 Å². The largest absolute Gasteiger partial charge is 0.490 e. The molecular weight excluding hydrogens is 668 g/mol. The van der Waals surface area contributed by atoms with Gasteiger partial charge in [0.1, 0.15) is 5.75 Å². The van der Waals surface area contributed by atoms with Gasteiger partial charge in [0.25, 0.3) is 15.9 Å². The maximum atomic E-state index is 14.4. The lowest BCUT2D eigenvalue weighted by Crippen LogP contribution is -2.48. The predicted molar refractivity (Wildman–Crippen MR) is 185 cm³/mol. The maximum absolute atomic E-state index is 14.4. The second-order valence-electron chi connectivity index (χ2n) is 12.8. The Morgan fingerprint density at radius 2 is 1.78 bits per heavy atom. The first-order valence-electron chi connectivity index (χ1n) is 16.6. The summed E-state index contributed by atoms with van der Waals surface area (Å²) in [6.45, 7) is 5.88. The number of aliphatic hydroxyl groups excluding tert-OH is 1. The molecule has 0 fully saturated rings. The van der Waals surface area contributed by atoms with Gasteiger partial charge in [-0.05, 0) is 63.4 Å². The lowest BCUT2D eigenvalue weighted by molar-refractivity contribution is -0.00835. The number of aryl methyl sites for hydroxylation is 1.